The number of allylic oxidation sites excluding steroid dienone is 2. The lowest BCUT2D eigenvalue weighted by Gasteiger charge is -1.89. The molecule has 0 aromatic heterocycles. The molecule has 0 aliphatic heterocycles. The molecule has 0 saturated carbocycles. The lowest BCUT2D eigenvalue weighted by Crippen LogP contribution is -1.76. The summed E-state index contributed by atoms with van der Waals surface area (Å²) in [7, 11) is 0. The van der Waals surface area contributed by atoms with E-state index in [9.17, 15) is 0 Å². The van der Waals surface area contributed by atoms with E-state index in [1.165, 1.54) is 11.6 Å². The molecule has 0 N–H and O–H groups in total. The lowest BCUT2D eigenvalue weighted by atomic mass is 10.3. The molecule has 10 heavy (non-hydrogen) atoms. The van der Waals surface area contributed by atoms with Crippen LogP contribution in [0.2, 0.25) is 0 Å². The molecule has 0 saturated heterocycles. The van der Waals surface area contributed by atoms with Gasteiger partial charge in [0.1, 0.15) is 5.17 Å². The van der Waals surface area contributed by atoms with E-state index in [-0.39, 0.29) is 0 Å². The van der Waals surface area contributed by atoms with E-state index < -0.39 is 0 Å². The zero-order valence-corrected chi connectivity index (χ0v) is 7.15. The summed E-state index contributed by atoms with van der Waals surface area (Å²) in [6.45, 7) is 7.56. The van der Waals surface area contributed by atoms with Gasteiger partial charge in [0, 0.05) is 6.20 Å². The van der Waals surface area contributed by atoms with Gasteiger partial charge in [0.15, 0.2) is 0 Å². The van der Waals surface area contributed by atoms with Gasteiger partial charge in [0.2, 0.25) is 0 Å². The van der Waals surface area contributed by atoms with Gasteiger partial charge in [-0.2, -0.15) is 0 Å². The summed E-state index contributed by atoms with van der Waals surface area (Å²) < 4.78 is 0. The molecule has 0 bridgehead atoms. The van der Waals surface area contributed by atoms with Crippen LogP contribution in [-0.2, 0) is 0 Å². The molecule has 0 atom stereocenters. The molecule has 56 valence electrons. The Morgan fingerprint density at radius 2 is 2.30 bits per heavy atom. The molecular weight excluding hydrogens is 146 g/mol. The van der Waals surface area contributed by atoms with Crippen LogP contribution in [-0.4, -0.2) is 5.17 Å². The number of hydrogen-bond donors (Lipinski definition) is 0. The number of halogens is 1. The highest BCUT2D eigenvalue weighted by atomic mass is 35.5. The first kappa shape index (κ1) is 9.44. The maximum Gasteiger partial charge on any atom is 0.128 e. The van der Waals surface area contributed by atoms with Crippen molar-refractivity contribution in [1.82, 2.24) is 0 Å². The van der Waals surface area contributed by atoms with Crippen molar-refractivity contribution in [3.8, 4) is 0 Å². The van der Waals surface area contributed by atoms with Crippen molar-refractivity contribution in [3.05, 3.63) is 24.4 Å². The van der Waals surface area contributed by atoms with Crippen molar-refractivity contribution < 1.29 is 0 Å². The van der Waals surface area contributed by atoms with Crippen molar-refractivity contribution in [1.29, 1.82) is 0 Å². The second-order valence-electron chi connectivity index (χ2n) is 1.98. The van der Waals surface area contributed by atoms with E-state index in [2.05, 4.69) is 18.5 Å². The van der Waals surface area contributed by atoms with Crippen molar-refractivity contribution in [2.24, 2.45) is 4.99 Å². The van der Waals surface area contributed by atoms with Crippen molar-refractivity contribution >= 4 is 16.8 Å². The maximum absolute atomic E-state index is 5.55. The first-order valence-corrected chi connectivity index (χ1v) is 3.60. The molecule has 0 aromatic carbocycles. The number of aliphatic imine (C=N–C) groups is 1. The minimum atomic E-state index is 0.438. The monoisotopic (exact) mass is 157 g/mol. The molecule has 0 aliphatic carbocycles. The lowest BCUT2D eigenvalue weighted by molar-refractivity contribution is 1.09. The van der Waals surface area contributed by atoms with Crippen LogP contribution in [0, 0.1) is 0 Å². The molecule has 0 rings (SSSR count). The van der Waals surface area contributed by atoms with Gasteiger partial charge < -0.3 is 0 Å². The van der Waals surface area contributed by atoms with E-state index in [1.54, 1.807) is 6.20 Å². The van der Waals surface area contributed by atoms with E-state index in [0.717, 1.165) is 6.42 Å². The molecule has 0 aromatic rings. The number of rotatable bonds is 3. The molecule has 0 fully saturated rings. The summed E-state index contributed by atoms with van der Waals surface area (Å²) in [6, 6.07) is 0. The van der Waals surface area contributed by atoms with Crippen LogP contribution >= 0.6 is 11.6 Å². The Kier molecular flexibility index (Phi) is 4.95. The van der Waals surface area contributed by atoms with Crippen LogP contribution in [0.1, 0.15) is 20.3 Å². The van der Waals surface area contributed by atoms with Crippen LogP contribution in [0.5, 0.6) is 0 Å². The fraction of sp³-hybridized carbons (Fsp3) is 0.375. The third-order valence-electron chi connectivity index (χ3n) is 1.13. The molecule has 1 nitrogen and oxygen atoms in total. The molecule has 0 aliphatic rings. The highest BCUT2D eigenvalue weighted by Crippen LogP contribution is 1.98. The maximum atomic E-state index is 5.55. The predicted molar refractivity (Wildman–Crippen MR) is 47.5 cm³/mol. The minimum absolute atomic E-state index is 0.438. The highest BCUT2D eigenvalue weighted by molar-refractivity contribution is 6.68. The van der Waals surface area contributed by atoms with Gasteiger partial charge in [-0.1, -0.05) is 30.7 Å². The summed E-state index contributed by atoms with van der Waals surface area (Å²) in [5, 5.41) is 0.438. The zero-order chi connectivity index (χ0) is 7.98. The Labute approximate surface area is 67.1 Å². The van der Waals surface area contributed by atoms with Gasteiger partial charge in [0.05, 0.1) is 0 Å². The topological polar surface area (TPSA) is 12.4 Å². The van der Waals surface area contributed by atoms with Crippen LogP contribution < -0.4 is 0 Å². The minimum Gasteiger partial charge on any atom is -0.245 e. The zero-order valence-electron chi connectivity index (χ0n) is 6.39. The standard InChI is InChI=1S/C8H12ClN/c1-4-7(3)6-10-8(9)5-2/h5-6H,2,4H2,1,3H3/b7-6+,10-8?. The average molecular weight is 158 g/mol. The van der Waals surface area contributed by atoms with Crippen LogP contribution in [0.15, 0.2) is 29.4 Å². The number of hydrogen-bond acceptors (Lipinski definition) is 1. The van der Waals surface area contributed by atoms with E-state index in [0.29, 0.717) is 5.17 Å². The summed E-state index contributed by atoms with van der Waals surface area (Å²) >= 11 is 5.55. The Hall–Kier alpha value is -0.560. The van der Waals surface area contributed by atoms with Gasteiger partial charge in [-0.25, -0.2) is 4.99 Å². The van der Waals surface area contributed by atoms with E-state index >= 15 is 0 Å². The van der Waals surface area contributed by atoms with E-state index in [1.807, 2.05) is 6.92 Å². The molecule has 0 spiro atoms. The van der Waals surface area contributed by atoms with Gasteiger partial charge in [-0.3, -0.25) is 0 Å². The normalized spacial score (nSPS) is 13.5. The van der Waals surface area contributed by atoms with Crippen molar-refractivity contribution in [3.63, 3.8) is 0 Å². The first-order chi connectivity index (χ1) is 4.70. The highest BCUT2D eigenvalue weighted by Gasteiger charge is 1.82. The third kappa shape index (κ3) is 4.33. The summed E-state index contributed by atoms with van der Waals surface area (Å²) in [4.78, 5) is 3.92. The van der Waals surface area contributed by atoms with Crippen molar-refractivity contribution in [2.45, 2.75) is 20.3 Å². The summed E-state index contributed by atoms with van der Waals surface area (Å²) in [5.41, 5.74) is 1.21. The van der Waals surface area contributed by atoms with Gasteiger partial charge >= 0.3 is 0 Å². The smallest absolute Gasteiger partial charge is 0.128 e. The predicted octanol–water partition coefficient (Wildman–Crippen LogP) is 3.12. The van der Waals surface area contributed by atoms with Crippen LogP contribution in [0.4, 0.5) is 0 Å². The molecule has 0 radical (unpaired) electrons. The van der Waals surface area contributed by atoms with Crippen LogP contribution in [0.25, 0.3) is 0 Å². The SMILES string of the molecule is C=CC(Cl)=N/C=C(\C)CC. The molecule has 2 heteroatoms. The Morgan fingerprint density at radius 3 is 2.70 bits per heavy atom. The molecule has 0 amide bonds. The van der Waals surface area contributed by atoms with Gasteiger partial charge in [0.25, 0.3) is 0 Å². The quantitative estimate of drug-likeness (QED) is 0.559. The third-order valence-corrected chi connectivity index (χ3v) is 1.39. The molecule has 0 unspecified atom stereocenters. The Bertz CT molecular complexity index is 168. The number of nitrogens with zero attached hydrogens (tertiary/aromatic N) is 1. The fourth-order valence-electron chi connectivity index (χ4n) is 0.316. The molecule has 0 heterocycles. The summed E-state index contributed by atoms with van der Waals surface area (Å²) in [5.74, 6) is 0. The van der Waals surface area contributed by atoms with Crippen LogP contribution in [0.3, 0.4) is 0 Å². The average Bonchev–Trinajstić information content (AvgIpc) is 1.99. The first-order valence-electron chi connectivity index (χ1n) is 3.22. The largest absolute Gasteiger partial charge is 0.245 e. The second kappa shape index (κ2) is 5.24. The van der Waals surface area contributed by atoms with Gasteiger partial charge in [-0.15, -0.1) is 0 Å². The van der Waals surface area contributed by atoms with E-state index in [4.69, 9.17) is 11.6 Å². The van der Waals surface area contributed by atoms with Gasteiger partial charge in [-0.05, 0) is 19.4 Å². The molecular formula is C8H12ClN. The summed E-state index contributed by atoms with van der Waals surface area (Å²) in [6.07, 6.45) is 4.27. The fourth-order valence-corrected chi connectivity index (χ4v) is 0.365. The Balaban J connectivity index is 4.03. The second-order valence-corrected chi connectivity index (χ2v) is 2.37. The van der Waals surface area contributed by atoms with Crippen molar-refractivity contribution in [2.75, 3.05) is 0 Å². The Morgan fingerprint density at radius 1 is 1.70 bits per heavy atom.